The lowest BCUT2D eigenvalue weighted by atomic mass is 10.1. The lowest BCUT2D eigenvalue weighted by molar-refractivity contribution is -0.275. The number of nitrogens with one attached hydrogen (secondary N) is 1. The topological polar surface area (TPSA) is 83.6 Å². The molecule has 2 heterocycles. The second-order valence-electron chi connectivity index (χ2n) is 6.74. The van der Waals surface area contributed by atoms with Crippen molar-refractivity contribution >= 4 is 11.0 Å². The van der Waals surface area contributed by atoms with Crippen molar-refractivity contribution in [2.45, 2.75) is 25.6 Å². The molecule has 1 fully saturated rings. The zero-order valence-electron chi connectivity index (χ0n) is 16.3. The van der Waals surface area contributed by atoms with Gasteiger partial charge in [0.2, 0.25) is 0 Å². The normalized spacial score (nSPS) is 19.3. The molecule has 13 heteroatoms. The van der Waals surface area contributed by atoms with Gasteiger partial charge < -0.3 is 9.47 Å². The Hall–Kier alpha value is -2.35. The highest BCUT2D eigenvalue weighted by molar-refractivity contribution is 7.85. The Morgan fingerprint density at radius 1 is 1.35 bits per heavy atom. The number of halogens is 4. The smallest absolute Gasteiger partial charge is 0.403 e. The maximum Gasteiger partial charge on any atom is 0.573 e. The quantitative estimate of drug-likeness (QED) is 0.575. The van der Waals surface area contributed by atoms with Crippen molar-refractivity contribution in [2.24, 2.45) is 0 Å². The molecule has 0 saturated carbocycles. The molecule has 1 aromatic heterocycles. The molecule has 0 aliphatic carbocycles. The lowest BCUT2D eigenvalue weighted by Crippen LogP contribution is -2.54. The molecule has 1 N–H and O–H groups in total. The SMILES string of the molecule is C=CS(=O)N1CCN(Cc2ccc(OC(F)(F)F)c(F)c2)C(COCc2cn[nH]n2)C1. The summed E-state index contributed by atoms with van der Waals surface area (Å²) in [7, 11) is -1.34. The Balaban J connectivity index is 1.67. The first kappa shape index (κ1) is 23.3. The number of H-pyrrole nitrogens is 1. The summed E-state index contributed by atoms with van der Waals surface area (Å²) in [6.45, 7) is 5.71. The molecule has 0 amide bonds. The van der Waals surface area contributed by atoms with Gasteiger partial charge in [0.25, 0.3) is 0 Å². The van der Waals surface area contributed by atoms with E-state index in [0.29, 0.717) is 30.9 Å². The average Bonchev–Trinajstić information content (AvgIpc) is 3.23. The van der Waals surface area contributed by atoms with E-state index in [4.69, 9.17) is 4.74 Å². The second kappa shape index (κ2) is 10.3. The fraction of sp³-hybridized carbons (Fsp3) is 0.444. The summed E-state index contributed by atoms with van der Waals surface area (Å²) in [5.74, 6) is -1.98. The van der Waals surface area contributed by atoms with Gasteiger partial charge in [-0.05, 0) is 17.7 Å². The number of aromatic nitrogens is 3. The van der Waals surface area contributed by atoms with E-state index in [-0.39, 0.29) is 25.8 Å². The van der Waals surface area contributed by atoms with Crippen LogP contribution in [-0.2, 0) is 28.9 Å². The monoisotopic (exact) mass is 463 g/mol. The van der Waals surface area contributed by atoms with Crippen molar-refractivity contribution in [3.05, 3.63) is 53.5 Å². The second-order valence-corrected chi connectivity index (χ2v) is 8.15. The van der Waals surface area contributed by atoms with Gasteiger partial charge in [-0.3, -0.25) is 4.90 Å². The maximum atomic E-state index is 14.1. The van der Waals surface area contributed by atoms with Crippen LogP contribution in [0.1, 0.15) is 11.3 Å². The van der Waals surface area contributed by atoms with Gasteiger partial charge in [0, 0.05) is 37.6 Å². The van der Waals surface area contributed by atoms with Crippen LogP contribution in [0.5, 0.6) is 5.75 Å². The van der Waals surface area contributed by atoms with Crippen molar-refractivity contribution < 1.29 is 31.2 Å². The van der Waals surface area contributed by atoms with E-state index >= 15 is 0 Å². The number of ether oxygens (including phenoxy) is 2. The fourth-order valence-electron chi connectivity index (χ4n) is 3.18. The van der Waals surface area contributed by atoms with Crippen molar-refractivity contribution in [1.82, 2.24) is 24.6 Å². The van der Waals surface area contributed by atoms with Gasteiger partial charge in [-0.2, -0.15) is 15.4 Å². The fourth-order valence-corrected chi connectivity index (χ4v) is 3.97. The number of aromatic amines is 1. The molecule has 2 unspecified atom stereocenters. The minimum absolute atomic E-state index is 0.196. The van der Waals surface area contributed by atoms with Crippen LogP contribution in [0.25, 0.3) is 0 Å². The molecule has 8 nitrogen and oxygen atoms in total. The summed E-state index contributed by atoms with van der Waals surface area (Å²) in [6, 6.07) is 3.16. The Morgan fingerprint density at radius 2 is 2.16 bits per heavy atom. The van der Waals surface area contributed by atoms with Crippen LogP contribution < -0.4 is 4.74 Å². The molecule has 170 valence electrons. The molecular formula is C18H21F4N5O3S. The largest absolute Gasteiger partial charge is 0.573 e. The third-order valence-electron chi connectivity index (χ3n) is 4.60. The van der Waals surface area contributed by atoms with Crippen LogP contribution in [0.15, 0.2) is 36.4 Å². The predicted octanol–water partition coefficient (Wildman–Crippen LogP) is 2.35. The van der Waals surface area contributed by atoms with Crippen molar-refractivity contribution in [2.75, 3.05) is 26.2 Å². The highest BCUT2D eigenvalue weighted by Crippen LogP contribution is 2.27. The number of nitrogens with zero attached hydrogens (tertiary/aromatic N) is 4. The molecule has 1 aliphatic heterocycles. The molecule has 1 saturated heterocycles. The zero-order valence-corrected chi connectivity index (χ0v) is 17.2. The van der Waals surface area contributed by atoms with Gasteiger partial charge in [-0.25, -0.2) is 12.9 Å². The maximum absolute atomic E-state index is 14.1. The van der Waals surface area contributed by atoms with Crippen LogP contribution in [-0.4, -0.2) is 67.5 Å². The molecule has 1 aromatic carbocycles. The Labute approximate surface area is 178 Å². The van der Waals surface area contributed by atoms with E-state index in [1.54, 1.807) is 4.31 Å². The van der Waals surface area contributed by atoms with Crippen molar-refractivity contribution in [3.8, 4) is 5.75 Å². The van der Waals surface area contributed by atoms with E-state index in [0.717, 1.165) is 12.1 Å². The Bertz CT molecular complexity index is 897. The summed E-state index contributed by atoms with van der Waals surface area (Å²) in [5.41, 5.74) is 1.10. The predicted molar refractivity (Wildman–Crippen MR) is 103 cm³/mol. The summed E-state index contributed by atoms with van der Waals surface area (Å²) in [4.78, 5) is 2.00. The van der Waals surface area contributed by atoms with Crippen molar-refractivity contribution in [3.63, 3.8) is 0 Å². The minimum atomic E-state index is -4.97. The highest BCUT2D eigenvalue weighted by atomic mass is 32.2. The molecule has 0 spiro atoms. The van der Waals surface area contributed by atoms with E-state index < -0.39 is 28.9 Å². The number of rotatable bonds is 9. The number of benzene rings is 1. The number of hydrogen-bond acceptors (Lipinski definition) is 6. The van der Waals surface area contributed by atoms with Gasteiger partial charge in [0.1, 0.15) is 16.7 Å². The standard InChI is InChI=1S/C18H21F4N5O3S/c1-2-31(28)27-6-5-26(15(10-27)12-29-11-14-8-23-25-24-14)9-13-3-4-17(16(19)7-13)30-18(20,21)22/h2-4,7-8,15H,1,5-6,9-12H2,(H,23,24,25). The number of piperazine rings is 1. The summed E-state index contributed by atoms with van der Waals surface area (Å²) >= 11 is 0. The number of hydrogen-bond donors (Lipinski definition) is 1. The first-order chi connectivity index (χ1) is 14.7. The van der Waals surface area contributed by atoms with Gasteiger partial charge in [-0.1, -0.05) is 12.6 Å². The molecule has 2 aromatic rings. The lowest BCUT2D eigenvalue weighted by Gasteiger charge is -2.40. The summed E-state index contributed by atoms with van der Waals surface area (Å²) in [5, 5.41) is 11.4. The van der Waals surface area contributed by atoms with Crippen LogP contribution >= 0.6 is 0 Å². The number of alkyl halides is 3. The first-order valence-electron chi connectivity index (χ1n) is 9.24. The van der Waals surface area contributed by atoms with Crippen LogP contribution in [0, 0.1) is 5.82 Å². The minimum Gasteiger partial charge on any atom is -0.403 e. The van der Waals surface area contributed by atoms with Crippen molar-refractivity contribution in [1.29, 1.82) is 0 Å². The Morgan fingerprint density at radius 3 is 2.81 bits per heavy atom. The van der Waals surface area contributed by atoms with Gasteiger partial charge in [0.05, 0.1) is 19.4 Å². The average molecular weight is 463 g/mol. The van der Waals surface area contributed by atoms with E-state index in [9.17, 15) is 21.8 Å². The van der Waals surface area contributed by atoms with E-state index in [1.165, 1.54) is 17.7 Å². The molecule has 31 heavy (non-hydrogen) atoms. The molecule has 0 bridgehead atoms. The highest BCUT2D eigenvalue weighted by Gasteiger charge is 2.33. The van der Waals surface area contributed by atoms with Crippen LogP contribution in [0.3, 0.4) is 0 Å². The zero-order chi connectivity index (χ0) is 22.4. The molecule has 2 atom stereocenters. The third-order valence-corrected chi connectivity index (χ3v) is 5.72. The summed E-state index contributed by atoms with van der Waals surface area (Å²) < 4.78 is 74.3. The first-order valence-corrected chi connectivity index (χ1v) is 10.4. The Kier molecular flexibility index (Phi) is 7.75. The van der Waals surface area contributed by atoms with Gasteiger partial charge in [0.15, 0.2) is 11.6 Å². The van der Waals surface area contributed by atoms with E-state index in [2.05, 4.69) is 26.7 Å². The molecule has 0 radical (unpaired) electrons. The van der Waals surface area contributed by atoms with Crippen LogP contribution in [0.2, 0.25) is 0 Å². The van der Waals surface area contributed by atoms with Crippen LogP contribution in [0.4, 0.5) is 17.6 Å². The van der Waals surface area contributed by atoms with E-state index in [1.807, 2.05) is 4.90 Å². The van der Waals surface area contributed by atoms with Gasteiger partial charge >= 0.3 is 6.36 Å². The third kappa shape index (κ3) is 6.82. The summed E-state index contributed by atoms with van der Waals surface area (Å²) in [6.07, 6.45) is -3.43. The molecule has 3 rings (SSSR count). The molecule has 1 aliphatic rings. The molecular weight excluding hydrogens is 442 g/mol. The van der Waals surface area contributed by atoms with Gasteiger partial charge in [-0.15, -0.1) is 13.2 Å².